The first kappa shape index (κ1) is 12.6. The van der Waals surface area contributed by atoms with Crippen LogP contribution in [0.2, 0.25) is 0 Å². The first-order valence-corrected chi connectivity index (χ1v) is 6.65. The Balaban J connectivity index is 1.81. The zero-order valence-corrected chi connectivity index (χ0v) is 11.3. The third kappa shape index (κ3) is 3.30. The number of aryl methyl sites for hydroxylation is 3. The molecule has 0 amide bonds. The van der Waals surface area contributed by atoms with Gasteiger partial charge in [-0.05, 0) is 56.3 Å². The zero-order chi connectivity index (χ0) is 12.3. The highest BCUT2D eigenvalue weighted by molar-refractivity contribution is 5.37. The van der Waals surface area contributed by atoms with Crippen molar-refractivity contribution in [2.45, 2.75) is 27.2 Å². The third-order valence-electron chi connectivity index (χ3n) is 3.69. The maximum absolute atomic E-state index is 3.56. The van der Waals surface area contributed by atoms with Gasteiger partial charge in [0.05, 0.1) is 0 Å². The molecular formula is C15H24N2. The first-order valence-electron chi connectivity index (χ1n) is 6.65. The van der Waals surface area contributed by atoms with Gasteiger partial charge >= 0.3 is 0 Å². The van der Waals surface area contributed by atoms with E-state index in [-0.39, 0.29) is 0 Å². The molecule has 17 heavy (non-hydrogen) atoms. The molecule has 0 unspecified atom stereocenters. The van der Waals surface area contributed by atoms with Gasteiger partial charge < -0.3 is 10.6 Å². The van der Waals surface area contributed by atoms with E-state index in [4.69, 9.17) is 0 Å². The van der Waals surface area contributed by atoms with Crippen LogP contribution in [-0.4, -0.2) is 26.2 Å². The Morgan fingerprint density at radius 3 is 2.35 bits per heavy atom. The van der Waals surface area contributed by atoms with Gasteiger partial charge in [0.25, 0.3) is 0 Å². The van der Waals surface area contributed by atoms with Crippen molar-refractivity contribution in [2.24, 2.45) is 5.92 Å². The van der Waals surface area contributed by atoms with Crippen molar-refractivity contribution in [3.8, 4) is 0 Å². The van der Waals surface area contributed by atoms with E-state index in [1.165, 1.54) is 35.3 Å². The molecule has 2 rings (SSSR count). The summed E-state index contributed by atoms with van der Waals surface area (Å²) in [4.78, 5) is 0. The fraction of sp³-hybridized carbons (Fsp3) is 0.600. The normalized spacial score (nSPS) is 15.9. The van der Waals surface area contributed by atoms with Crippen LogP contribution in [0.5, 0.6) is 0 Å². The molecular weight excluding hydrogens is 208 g/mol. The van der Waals surface area contributed by atoms with Crippen LogP contribution < -0.4 is 10.6 Å². The lowest BCUT2D eigenvalue weighted by Crippen LogP contribution is -2.47. The van der Waals surface area contributed by atoms with Crippen LogP contribution in [0.4, 0.5) is 0 Å². The number of benzene rings is 1. The van der Waals surface area contributed by atoms with Gasteiger partial charge in [-0.3, -0.25) is 0 Å². The molecule has 0 saturated carbocycles. The minimum Gasteiger partial charge on any atom is -0.316 e. The van der Waals surface area contributed by atoms with E-state index < -0.39 is 0 Å². The second-order valence-electron chi connectivity index (χ2n) is 5.36. The summed E-state index contributed by atoms with van der Waals surface area (Å²) in [6, 6.07) is 4.58. The molecule has 0 bridgehead atoms. The molecule has 0 radical (unpaired) electrons. The van der Waals surface area contributed by atoms with Gasteiger partial charge in [-0.15, -0.1) is 0 Å². The minimum absolute atomic E-state index is 0.857. The molecule has 1 fully saturated rings. The van der Waals surface area contributed by atoms with Crippen LogP contribution in [0, 0.1) is 26.7 Å². The summed E-state index contributed by atoms with van der Waals surface area (Å²) in [6.45, 7) is 11.3. The fourth-order valence-electron chi connectivity index (χ4n) is 2.62. The van der Waals surface area contributed by atoms with Crippen molar-refractivity contribution in [2.75, 3.05) is 26.2 Å². The quantitative estimate of drug-likeness (QED) is 0.758. The van der Waals surface area contributed by atoms with Crippen LogP contribution in [-0.2, 0) is 6.42 Å². The molecule has 1 aromatic carbocycles. The molecule has 1 aliphatic heterocycles. The van der Waals surface area contributed by atoms with Gasteiger partial charge in [0.15, 0.2) is 0 Å². The van der Waals surface area contributed by atoms with Crippen molar-refractivity contribution in [1.29, 1.82) is 0 Å². The van der Waals surface area contributed by atoms with Crippen LogP contribution in [0.15, 0.2) is 12.1 Å². The second kappa shape index (κ2) is 5.65. The summed E-state index contributed by atoms with van der Waals surface area (Å²) < 4.78 is 0. The number of hydrogen-bond donors (Lipinski definition) is 2. The minimum atomic E-state index is 0.857. The van der Waals surface area contributed by atoms with E-state index in [1.807, 2.05) is 0 Å². The van der Waals surface area contributed by atoms with E-state index in [0.29, 0.717) is 0 Å². The zero-order valence-electron chi connectivity index (χ0n) is 11.3. The topological polar surface area (TPSA) is 24.1 Å². The van der Waals surface area contributed by atoms with Crippen molar-refractivity contribution >= 4 is 0 Å². The number of nitrogens with one attached hydrogen (secondary N) is 2. The fourth-order valence-corrected chi connectivity index (χ4v) is 2.62. The molecule has 1 saturated heterocycles. The summed E-state index contributed by atoms with van der Waals surface area (Å²) in [7, 11) is 0. The Morgan fingerprint density at radius 2 is 1.82 bits per heavy atom. The van der Waals surface area contributed by atoms with Gasteiger partial charge in [0.2, 0.25) is 0 Å². The maximum atomic E-state index is 3.56. The molecule has 0 aliphatic carbocycles. The molecule has 2 N–H and O–H groups in total. The highest BCUT2D eigenvalue weighted by atomic mass is 15.0. The molecule has 1 aromatic rings. The smallest absolute Gasteiger partial charge is 0.000394 e. The molecule has 2 heteroatoms. The van der Waals surface area contributed by atoms with Crippen molar-refractivity contribution in [1.82, 2.24) is 10.6 Å². The predicted molar refractivity (Wildman–Crippen MR) is 73.6 cm³/mol. The van der Waals surface area contributed by atoms with E-state index in [2.05, 4.69) is 43.5 Å². The lowest BCUT2D eigenvalue weighted by atomic mass is 9.97. The summed E-state index contributed by atoms with van der Waals surface area (Å²) >= 11 is 0. The maximum Gasteiger partial charge on any atom is 0.000394 e. The summed E-state index contributed by atoms with van der Waals surface area (Å²) in [6.07, 6.45) is 1.15. The average molecular weight is 232 g/mol. The van der Waals surface area contributed by atoms with E-state index in [0.717, 1.165) is 25.4 Å². The van der Waals surface area contributed by atoms with Gasteiger partial charge in [0, 0.05) is 19.6 Å². The first-order chi connectivity index (χ1) is 8.16. The Hall–Kier alpha value is -0.860. The molecule has 0 aromatic heterocycles. The monoisotopic (exact) mass is 232 g/mol. The van der Waals surface area contributed by atoms with Gasteiger partial charge in [0.1, 0.15) is 0 Å². The summed E-state index contributed by atoms with van der Waals surface area (Å²) in [5.74, 6) is 0.857. The van der Waals surface area contributed by atoms with Crippen molar-refractivity contribution in [3.63, 3.8) is 0 Å². The SMILES string of the molecule is Cc1cc(C)c(CCNCC2CNC2)c(C)c1. The van der Waals surface area contributed by atoms with Gasteiger partial charge in [-0.1, -0.05) is 17.7 Å². The average Bonchev–Trinajstić information content (AvgIpc) is 2.18. The van der Waals surface area contributed by atoms with Gasteiger partial charge in [-0.25, -0.2) is 0 Å². The van der Waals surface area contributed by atoms with Crippen molar-refractivity contribution < 1.29 is 0 Å². The molecule has 94 valence electrons. The Labute approximate surface area is 105 Å². The highest BCUT2D eigenvalue weighted by Gasteiger charge is 2.15. The summed E-state index contributed by atoms with van der Waals surface area (Å²) in [5.41, 5.74) is 5.77. The van der Waals surface area contributed by atoms with E-state index in [1.54, 1.807) is 0 Å². The van der Waals surface area contributed by atoms with Crippen LogP contribution in [0.25, 0.3) is 0 Å². The Morgan fingerprint density at radius 1 is 1.18 bits per heavy atom. The Kier molecular flexibility index (Phi) is 4.19. The molecule has 2 nitrogen and oxygen atoms in total. The predicted octanol–water partition coefficient (Wildman–Crippen LogP) is 1.96. The molecule has 1 heterocycles. The van der Waals surface area contributed by atoms with Crippen LogP contribution in [0.3, 0.4) is 0 Å². The summed E-state index contributed by atoms with van der Waals surface area (Å²) in [5, 5.41) is 6.87. The number of rotatable bonds is 5. The lowest BCUT2D eigenvalue weighted by Gasteiger charge is -2.27. The second-order valence-corrected chi connectivity index (χ2v) is 5.36. The highest BCUT2D eigenvalue weighted by Crippen LogP contribution is 2.16. The number of hydrogen-bond acceptors (Lipinski definition) is 2. The lowest BCUT2D eigenvalue weighted by molar-refractivity contribution is 0.332. The largest absolute Gasteiger partial charge is 0.316 e. The van der Waals surface area contributed by atoms with Crippen molar-refractivity contribution in [3.05, 3.63) is 34.4 Å². The van der Waals surface area contributed by atoms with E-state index in [9.17, 15) is 0 Å². The Bertz CT molecular complexity index is 358. The third-order valence-corrected chi connectivity index (χ3v) is 3.69. The van der Waals surface area contributed by atoms with Gasteiger partial charge in [-0.2, -0.15) is 0 Å². The molecule has 1 aliphatic rings. The van der Waals surface area contributed by atoms with Crippen LogP contribution >= 0.6 is 0 Å². The standard InChI is InChI=1S/C15H24N2/c1-11-6-12(2)15(13(3)7-11)4-5-16-8-14-9-17-10-14/h6-7,14,16-17H,4-5,8-10H2,1-3H3. The molecule has 0 spiro atoms. The van der Waals surface area contributed by atoms with E-state index >= 15 is 0 Å². The van der Waals surface area contributed by atoms with Crippen LogP contribution in [0.1, 0.15) is 22.3 Å². The molecule has 0 atom stereocenters.